The Hall–Kier alpha value is -3.25. The highest BCUT2D eigenvalue weighted by Crippen LogP contribution is 2.35. The zero-order chi connectivity index (χ0) is 20.8. The molecule has 6 heteroatoms. The summed E-state index contributed by atoms with van der Waals surface area (Å²) >= 11 is 0. The second-order valence-electron chi connectivity index (χ2n) is 7.61. The lowest BCUT2D eigenvalue weighted by Gasteiger charge is -2.31. The van der Waals surface area contributed by atoms with Gasteiger partial charge in [0.25, 0.3) is 0 Å². The van der Waals surface area contributed by atoms with Crippen LogP contribution in [-0.2, 0) is 4.79 Å². The van der Waals surface area contributed by atoms with Crippen molar-refractivity contribution in [2.45, 2.75) is 25.7 Å². The van der Waals surface area contributed by atoms with Crippen LogP contribution in [0.25, 0.3) is 0 Å². The summed E-state index contributed by atoms with van der Waals surface area (Å²) in [6.07, 6.45) is 6.59. The fourth-order valence-corrected chi connectivity index (χ4v) is 3.74. The van der Waals surface area contributed by atoms with Gasteiger partial charge in [-0.15, -0.1) is 0 Å². The SMILES string of the molecule is Cc1ccc(Nc2ccc(Oc3ncccc3C3CCN(CC=O)CC3)cc2)nc1. The Morgan fingerprint density at radius 1 is 1.10 bits per heavy atom. The van der Waals surface area contributed by atoms with E-state index in [9.17, 15) is 4.79 Å². The number of ether oxygens (including phenoxy) is 1. The second-order valence-corrected chi connectivity index (χ2v) is 7.61. The van der Waals surface area contributed by atoms with Crippen LogP contribution >= 0.6 is 0 Å². The summed E-state index contributed by atoms with van der Waals surface area (Å²) in [5.74, 6) is 2.61. The molecule has 0 saturated carbocycles. The molecule has 1 aliphatic heterocycles. The number of nitrogens with one attached hydrogen (secondary N) is 1. The van der Waals surface area contributed by atoms with Crippen LogP contribution in [0.1, 0.15) is 29.9 Å². The lowest BCUT2D eigenvalue weighted by Crippen LogP contribution is -2.34. The van der Waals surface area contributed by atoms with Gasteiger partial charge in [-0.2, -0.15) is 0 Å². The first-order valence-corrected chi connectivity index (χ1v) is 10.3. The average molecular weight is 402 g/mol. The molecule has 6 nitrogen and oxygen atoms in total. The van der Waals surface area contributed by atoms with Gasteiger partial charge in [-0.3, -0.25) is 4.90 Å². The fourth-order valence-electron chi connectivity index (χ4n) is 3.74. The maximum atomic E-state index is 10.7. The van der Waals surface area contributed by atoms with E-state index in [0.29, 0.717) is 18.3 Å². The lowest BCUT2D eigenvalue weighted by molar-refractivity contribution is -0.109. The minimum absolute atomic E-state index is 0.394. The molecule has 4 rings (SSSR count). The average Bonchev–Trinajstić information content (AvgIpc) is 2.78. The van der Waals surface area contributed by atoms with E-state index in [0.717, 1.165) is 60.6 Å². The summed E-state index contributed by atoms with van der Waals surface area (Å²) < 4.78 is 6.13. The quantitative estimate of drug-likeness (QED) is 0.578. The number of nitrogens with zero attached hydrogens (tertiary/aromatic N) is 3. The maximum absolute atomic E-state index is 10.7. The van der Waals surface area contributed by atoms with Crippen molar-refractivity contribution in [3.05, 3.63) is 72.1 Å². The van der Waals surface area contributed by atoms with Crippen LogP contribution in [0.2, 0.25) is 0 Å². The van der Waals surface area contributed by atoms with Gasteiger partial charge in [-0.25, -0.2) is 9.97 Å². The third kappa shape index (κ3) is 5.02. The van der Waals surface area contributed by atoms with Crippen molar-refractivity contribution in [1.82, 2.24) is 14.9 Å². The topological polar surface area (TPSA) is 67.3 Å². The number of hydrogen-bond donors (Lipinski definition) is 1. The van der Waals surface area contributed by atoms with E-state index < -0.39 is 0 Å². The van der Waals surface area contributed by atoms with E-state index in [2.05, 4.69) is 26.3 Å². The fraction of sp³-hybridized carbons (Fsp3) is 0.292. The first-order valence-electron chi connectivity index (χ1n) is 10.3. The molecule has 30 heavy (non-hydrogen) atoms. The van der Waals surface area contributed by atoms with E-state index >= 15 is 0 Å². The third-order valence-corrected chi connectivity index (χ3v) is 5.41. The molecule has 3 aromatic rings. The largest absolute Gasteiger partial charge is 0.439 e. The highest BCUT2D eigenvalue weighted by molar-refractivity contribution is 5.57. The van der Waals surface area contributed by atoms with Crippen LogP contribution in [0, 0.1) is 6.92 Å². The molecule has 3 heterocycles. The minimum atomic E-state index is 0.394. The van der Waals surface area contributed by atoms with Gasteiger partial charge in [-0.05, 0) is 80.7 Å². The van der Waals surface area contributed by atoms with Gasteiger partial charge in [0.15, 0.2) is 0 Å². The number of benzene rings is 1. The highest BCUT2D eigenvalue weighted by atomic mass is 16.5. The first-order chi connectivity index (χ1) is 14.7. The second kappa shape index (κ2) is 9.50. The molecule has 0 bridgehead atoms. The van der Waals surface area contributed by atoms with Crippen LogP contribution in [0.5, 0.6) is 11.6 Å². The molecule has 0 aliphatic carbocycles. The van der Waals surface area contributed by atoms with Crippen molar-refractivity contribution < 1.29 is 9.53 Å². The lowest BCUT2D eigenvalue weighted by atomic mass is 9.90. The molecule has 0 amide bonds. The number of anilines is 2. The van der Waals surface area contributed by atoms with Gasteiger partial charge in [0.2, 0.25) is 5.88 Å². The minimum Gasteiger partial charge on any atom is -0.439 e. The summed E-state index contributed by atoms with van der Waals surface area (Å²) in [6.45, 7) is 4.38. The predicted octanol–water partition coefficient (Wildman–Crippen LogP) is 4.70. The smallest absolute Gasteiger partial charge is 0.222 e. The van der Waals surface area contributed by atoms with Crippen LogP contribution in [0.3, 0.4) is 0 Å². The zero-order valence-electron chi connectivity index (χ0n) is 17.1. The predicted molar refractivity (Wildman–Crippen MR) is 117 cm³/mol. The Morgan fingerprint density at radius 3 is 2.60 bits per heavy atom. The molecule has 1 saturated heterocycles. The maximum Gasteiger partial charge on any atom is 0.222 e. The van der Waals surface area contributed by atoms with E-state index in [1.807, 2.05) is 55.6 Å². The van der Waals surface area contributed by atoms with Crippen molar-refractivity contribution in [2.24, 2.45) is 0 Å². The number of piperidine rings is 1. The number of pyridine rings is 2. The van der Waals surface area contributed by atoms with Crippen molar-refractivity contribution in [2.75, 3.05) is 25.0 Å². The third-order valence-electron chi connectivity index (χ3n) is 5.41. The van der Waals surface area contributed by atoms with Crippen LogP contribution in [0.4, 0.5) is 11.5 Å². The molecule has 0 radical (unpaired) electrons. The number of hydrogen-bond acceptors (Lipinski definition) is 6. The number of aryl methyl sites for hydroxylation is 1. The van der Waals surface area contributed by atoms with Crippen LogP contribution in [0.15, 0.2) is 60.9 Å². The molecular weight excluding hydrogens is 376 g/mol. The molecular formula is C24H26N4O2. The number of carbonyl (C=O) groups is 1. The highest BCUT2D eigenvalue weighted by Gasteiger charge is 2.23. The summed E-state index contributed by atoms with van der Waals surface area (Å²) in [7, 11) is 0. The Bertz CT molecular complexity index is 965. The number of aromatic nitrogens is 2. The number of aldehydes is 1. The van der Waals surface area contributed by atoms with Gasteiger partial charge >= 0.3 is 0 Å². The van der Waals surface area contributed by atoms with Crippen molar-refractivity contribution in [1.29, 1.82) is 0 Å². The molecule has 1 aromatic carbocycles. The molecule has 2 aromatic heterocycles. The van der Waals surface area contributed by atoms with Crippen molar-refractivity contribution in [3.63, 3.8) is 0 Å². The van der Waals surface area contributed by atoms with Crippen LogP contribution < -0.4 is 10.1 Å². The number of rotatable bonds is 7. The molecule has 1 N–H and O–H groups in total. The van der Waals surface area contributed by atoms with E-state index in [1.165, 1.54) is 0 Å². The van der Waals surface area contributed by atoms with E-state index in [-0.39, 0.29) is 0 Å². The van der Waals surface area contributed by atoms with Crippen molar-refractivity contribution >= 4 is 17.8 Å². The Kier molecular flexibility index (Phi) is 6.35. The molecule has 0 atom stereocenters. The van der Waals surface area contributed by atoms with Gasteiger partial charge < -0.3 is 14.8 Å². The number of likely N-dealkylation sites (tertiary alicyclic amines) is 1. The summed E-state index contributed by atoms with van der Waals surface area (Å²) in [6, 6.07) is 15.8. The molecule has 1 fully saturated rings. The summed E-state index contributed by atoms with van der Waals surface area (Å²) in [5.41, 5.74) is 3.21. The number of carbonyl (C=O) groups excluding carboxylic acids is 1. The first kappa shape index (κ1) is 20.0. The standard InChI is InChI=1S/C24H26N4O2/c1-18-4-9-23(26-17-18)27-20-5-7-21(8-6-20)30-24-22(3-2-12-25-24)19-10-13-28(14-11-19)15-16-29/h2-9,12,16-17,19H,10-11,13-15H2,1H3,(H,26,27). The molecule has 0 unspecified atom stereocenters. The van der Waals surface area contributed by atoms with Gasteiger partial charge in [-0.1, -0.05) is 12.1 Å². The Balaban J connectivity index is 1.42. The normalized spacial score (nSPS) is 15.0. The molecule has 1 aliphatic rings. The van der Waals surface area contributed by atoms with Gasteiger partial charge in [0.1, 0.15) is 17.9 Å². The van der Waals surface area contributed by atoms with E-state index in [4.69, 9.17) is 4.74 Å². The van der Waals surface area contributed by atoms with Crippen LogP contribution in [-0.4, -0.2) is 40.8 Å². The molecule has 0 spiro atoms. The molecule has 154 valence electrons. The summed E-state index contributed by atoms with van der Waals surface area (Å²) in [4.78, 5) is 21.8. The van der Waals surface area contributed by atoms with Gasteiger partial charge in [0.05, 0.1) is 6.54 Å². The van der Waals surface area contributed by atoms with E-state index in [1.54, 1.807) is 6.20 Å². The Labute approximate surface area is 176 Å². The summed E-state index contributed by atoms with van der Waals surface area (Å²) in [5, 5.41) is 3.29. The zero-order valence-corrected chi connectivity index (χ0v) is 17.1. The van der Waals surface area contributed by atoms with Gasteiger partial charge in [0, 0.05) is 23.6 Å². The monoisotopic (exact) mass is 402 g/mol. The van der Waals surface area contributed by atoms with Crippen molar-refractivity contribution in [3.8, 4) is 11.6 Å². The Morgan fingerprint density at radius 2 is 1.90 bits per heavy atom.